The molecule has 32 heavy (non-hydrogen) atoms. The Kier molecular flexibility index (Phi) is 8.82. The van der Waals surface area contributed by atoms with Crippen molar-refractivity contribution in [2.24, 2.45) is 23.7 Å². The van der Waals surface area contributed by atoms with Gasteiger partial charge in [0.2, 0.25) is 5.89 Å². The Labute approximate surface area is 191 Å². The van der Waals surface area contributed by atoms with Gasteiger partial charge in [0.05, 0.1) is 0 Å². The lowest BCUT2D eigenvalue weighted by atomic mass is 9.70. The molecule has 0 fully saturated rings. The van der Waals surface area contributed by atoms with Crippen LogP contribution in [0.25, 0.3) is 0 Å². The van der Waals surface area contributed by atoms with E-state index in [1.54, 1.807) is 12.1 Å². The van der Waals surface area contributed by atoms with Crippen LogP contribution in [0.2, 0.25) is 0 Å². The fourth-order valence-corrected chi connectivity index (χ4v) is 4.39. The highest BCUT2D eigenvalue weighted by Gasteiger charge is 2.32. The zero-order valence-electron chi connectivity index (χ0n) is 20.0. The highest BCUT2D eigenvalue weighted by Crippen LogP contribution is 2.38. The van der Waals surface area contributed by atoms with E-state index in [0.717, 1.165) is 32.5 Å². The summed E-state index contributed by atoms with van der Waals surface area (Å²) in [5.41, 5.74) is 1.41. The van der Waals surface area contributed by atoms with E-state index in [4.69, 9.17) is 9.15 Å². The molecule has 1 N–H and O–H groups in total. The molecule has 0 amide bonds. The van der Waals surface area contributed by atoms with Gasteiger partial charge in [0.15, 0.2) is 6.61 Å². The summed E-state index contributed by atoms with van der Waals surface area (Å²) in [5, 5.41) is 12.0. The highest BCUT2D eigenvalue weighted by atomic mass is 19.1. The summed E-state index contributed by atoms with van der Waals surface area (Å²) in [7, 11) is 4.21. The van der Waals surface area contributed by atoms with Crippen LogP contribution in [0.4, 0.5) is 4.39 Å². The Morgan fingerprint density at radius 1 is 1.19 bits per heavy atom. The lowest BCUT2D eigenvalue weighted by Crippen LogP contribution is -2.37. The second kappa shape index (κ2) is 11.6. The van der Waals surface area contributed by atoms with Gasteiger partial charge >= 0.3 is 0 Å². The summed E-state index contributed by atoms with van der Waals surface area (Å²) >= 11 is 0. The average molecular weight is 445 g/mol. The van der Waals surface area contributed by atoms with Crippen molar-refractivity contribution in [1.29, 1.82) is 0 Å². The van der Waals surface area contributed by atoms with Gasteiger partial charge in [-0.25, -0.2) is 4.39 Å². The van der Waals surface area contributed by atoms with Crippen LogP contribution >= 0.6 is 0 Å². The van der Waals surface area contributed by atoms with Crippen LogP contribution in [-0.4, -0.2) is 48.8 Å². The van der Waals surface area contributed by atoms with Crippen LogP contribution in [0, 0.1) is 29.5 Å². The van der Waals surface area contributed by atoms with Crippen molar-refractivity contribution in [3.05, 3.63) is 53.5 Å². The number of halogens is 1. The topological polar surface area (TPSA) is 63.4 Å². The predicted molar refractivity (Wildman–Crippen MR) is 124 cm³/mol. The first-order chi connectivity index (χ1) is 15.3. The molecule has 1 aromatic carbocycles. The van der Waals surface area contributed by atoms with E-state index in [2.05, 4.69) is 61.4 Å². The van der Waals surface area contributed by atoms with Crippen molar-refractivity contribution in [3.63, 3.8) is 0 Å². The van der Waals surface area contributed by atoms with Gasteiger partial charge in [0.25, 0.3) is 5.89 Å². The fourth-order valence-electron chi connectivity index (χ4n) is 4.39. The minimum absolute atomic E-state index is 0.174. The number of hydrogen-bond donors (Lipinski definition) is 1. The number of nitrogens with zero attached hydrogens (tertiary/aromatic N) is 3. The summed E-state index contributed by atoms with van der Waals surface area (Å²) in [6.45, 7) is 10.1. The number of hydrogen-bond acceptors (Lipinski definition) is 6. The normalized spacial score (nSPS) is 21.2. The number of ether oxygens (including phenoxy) is 1. The molecule has 0 aliphatic heterocycles. The molecular formula is C25H37FN4O2. The van der Waals surface area contributed by atoms with E-state index in [0.29, 0.717) is 41.2 Å². The smallest absolute Gasteiger partial charge is 0.253 e. The SMILES string of the molecule is CC1=CC(CNCCN(C)C)C(C(C)C)CC1Cc1nnc(COc2ccc(F)cc2)o1. The largest absolute Gasteiger partial charge is 0.484 e. The van der Waals surface area contributed by atoms with Crippen molar-refractivity contribution in [2.75, 3.05) is 33.7 Å². The van der Waals surface area contributed by atoms with E-state index in [1.807, 2.05) is 0 Å². The minimum Gasteiger partial charge on any atom is -0.484 e. The molecule has 6 nitrogen and oxygen atoms in total. The Morgan fingerprint density at radius 3 is 2.59 bits per heavy atom. The quantitative estimate of drug-likeness (QED) is 0.411. The highest BCUT2D eigenvalue weighted by molar-refractivity contribution is 5.22. The van der Waals surface area contributed by atoms with Crippen LogP contribution in [0.1, 0.15) is 39.0 Å². The summed E-state index contributed by atoms with van der Waals surface area (Å²) in [4.78, 5) is 2.20. The molecule has 176 valence electrons. The Hall–Kier alpha value is -2.25. The third-order valence-corrected chi connectivity index (χ3v) is 6.31. The summed E-state index contributed by atoms with van der Waals surface area (Å²) in [6, 6.07) is 5.90. The van der Waals surface area contributed by atoms with Gasteiger partial charge in [-0.15, -0.1) is 10.2 Å². The van der Waals surface area contributed by atoms with Gasteiger partial charge in [0, 0.05) is 26.1 Å². The first-order valence-electron chi connectivity index (χ1n) is 11.5. The standard InChI is InChI=1S/C25H37FN4O2/c1-17(2)23-13-19(18(3)12-20(23)15-27-10-11-30(4)5)14-24-28-29-25(32-24)16-31-22-8-6-21(26)7-9-22/h6-9,12,17,19-20,23,27H,10-11,13-16H2,1-5H3. The van der Waals surface area contributed by atoms with Gasteiger partial charge in [-0.3, -0.25) is 0 Å². The molecule has 0 saturated heterocycles. The molecule has 3 atom stereocenters. The van der Waals surface area contributed by atoms with E-state index >= 15 is 0 Å². The number of aromatic nitrogens is 2. The van der Waals surface area contributed by atoms with Gasteiger partial charge in [-0.2, -0.15) is 0 Å². The predicted octanol–water partition coefficient (Wildman–Crippen LogP) is 4.34. The molecule has 7 heteroatoms. The molecular weight excluding hydrogens is 407 g/mol. The Balaban J connectivity index is 1.56. The van der Waals surface area contributed by atoms with Crippen LogP contribution < -0.4 is 10.1 Å². The van der Waals surface area contributed by atoms with Gasteiger partial charge in [-0.1, -0.05) is 25.5 Å². The molecule has 0 bridgehead atoms. The fraction of sp³-hybridized carbons (Fsp3) is 0.600. The lowest BCUT2D eigenvalue weighted by Gasteiger charge is -2.37. The molecule has 0 spiro atoms. The molecule has 3 unspecified atom stereocenters. The van der Waals surface area contributed by atoms with E-state index < -0.39 is 0 Å². The molecule has 1 aromatic heterocycles. The van der Waals surface area contributed by atoms with Gasteiger partial charge in [0.1, 0.15) is 11.6 Å². The summed E-state index contributed by atoms with van der Waals surface area (Å²) < 4.78 is 24.5. The number of benzene rings is 1. The van der Waals surface area contributed by atoms with Crippen LogP contribution in [0.15, 0.2) is 40.3 Å². The molecule has 3 rings (SSSR count). The number of likely N-dealkylation sites (N-methyl/N-ethyl adjacent to an activating group) is 1. The number of allylic oxidation sites excluding steroid dienone is 1. The second-order valence-electron chi connectivity index (χ2n) is 9.46. The van der Waals surface area contributed by atoms with E-state index in [1.165, 1.54) is 17.7 Å². The van der Waals surface area contributed by atoms with Crippen LogP contribution in [0.3, 0.4) is 0 Å². The van der Waals surface area contributed by atoms with E-state index in [9.17, 15) is 4.39 Å². The van der Waals surface area contributed by atoms with Gasteiger partial charge in [-0.05, 0) is 75.4 Å². The van der Waals surface area contributed by atoms with Crippen molar-refractivity contribution >= 4 is 0 Å². The van der Waals surface area contributed by atoms with Crippen molar-refractivity contribution in [2.45, 2.75) is 40.2 Å². The maximum absolute atomic E-state index is 13.0. The van der Waals surface area contributed by atoms with E-state index in [-0.39, 0.29) is 12.4 Å². The molecule has 1 aliphatic rings. The zero-order valence-corrected chi connectivity index (χ0v) is 20.0. The Morgan fingerprint density at radius 2 is 1.91 bits per heavy atom. The maximum atomic E-state index is 13.0. The first kappa shape index (κ1) is 24.4. The Bertz CT molecular complexity index is 863. The molecule has 1 aliphatic carbocycles. The van der Waals surface area contributed by atoms with Crippen LogP contribution in [-0.2, 0) is 13.0 Å². The molecule has 1 heterocycles. The molecule has 0 saturated carbocycles. The minimum atomic E-state index is -0.292. The average Bonchev–Trinajstić information content (AvgIpc) is 3.19. The number of rotatable bonds is 11. The molecule has 2 aromatic rings. The third-order valence-electron chi connectivity index (χ3n) is 6.31. The summed E-state index contributed by atoms with van der Waals surface area (Å²) in [5.74, 6) is 3.56. The monoisotopic (exact) mass is 444 g/mol. The zero-order chi connectivity index (χ0) is 23.1. The lowest BCUT2D eigenvalue weighted by molar-refractivity contribution is 0.214. The van der Waals surface area contributed by atoms with Crippen molar-refractivity contribution in [1.82, 2.24) is 20.4 Å². The van der Waals surface area contributed by atoms with Crippen molar-refractivity contribution in [3.8, 4) is 5.75 Å². The maximum Gasteiger partial charge on any atom is 0.253 e. The van der Waals surface area contributed by atoms with Gasteiger partial charge < -0.3 is 19.4 Å². The number of nitrogens with one attached hydrogen (secondary N) is 1. The third kappa shape index (κ3) is 7.14. The first-order valence-corrected chi connectivity index (χ1v) is 11.5. The summed E-state index contributed by atoms with van der Waals surface area (Å²) in [6.07, 6.45) is 4.33. The van der Waals surface area contributed by atoms with Crippen molar-refractivity contribution < 1.29 is 13.5 Å². The molecule has 0 radical (unpaired) electrons. The second-order valence-corrected chi connectivity index (χ2v) is 9.46. The van der Waals surface area contributed by atoms with Crippen LogP contribution in [0.5, 0.6) is 5.75 Å².